The molecule has 0 aromatic carbocycles. The van der Waals surface area contributed by atoms with Crippen LogP contribution in [0.5, 0.6) is 0 Å². The number of Topliss-reactive ketones (excluding diaryl/α,β-unsaturated/α-hetero) is 1. The van der Waals surface area contributed by atoms with Crippen molar-refractivity contribution in [3.05, 3.63) is 0 Å². The molecule has 0 aliphatic carbocycles. The van der Waals surface area contributed by atoms with Gasteiger partial charge in [0.25, 0.3) is 0 Å². The van der Waals surface area contributed by atoms with Gasteiger partial charge in [-0.1, -0.05) is 0 Å². The molecule has 1 unspecified atom stereocenters. The topological polar surface area (TPSA) is 32.7 Å². The van der Waals surface area contributed by atoms with Crippen LogP contribution in [0.2, 0.25) is 0 Å². The average Bonchev–Trinajstić information content (AvgIpc) is 2.13. The third-order valence-electron chi connectivity index (χ3n) is 1.81. The van der Waals surface area contributed by atoms with Gasteiger partial charge in [0.1, 0.15) is 5.71 Å². The molecule has 10 heavy (non-hydrogen) atoms. The molecule has 0 amide bonds. The second kappa shape index (κ2) is 2.40. The first-order valence-electron chi connectivity index (χ1n) is 3.42. The van der Waals surface area contributed by atoms with Gasteiger partial charge in [0.15, 0.2) is 5.78 Å². The second-order valence-corrected chi connectivity index (χ2v) is 2.73. The summed E-state index contributed by atoms with van der Waals surface area (Å²) in [5.41, 5.74) is 0.704. The fourth-order valence-electron chi connectivity index (χ4n) is 0.956. The molecule has 0 N–H and O–H groups in total. The van der Waals surface area contributed by atoms with Crippen molar-refractivity contribution in [2.45, 2.75) is 26.3 Å². The van der Waals surface area contributed by atoms with Crippen LogP contribution < -0.4 is 0 Å². The normalized spacial score (nSPS) is 24.9. The highest BCUT2D eigenvalue weighted by Crippen LogP contribution is 2.11. The molecule has 56 valence electrons. The van der Waals surface area contributed by atoms with Crippen molar-refractivity contribution < 1.29 is 4.79 Å². The summed E-state index contributed by atoms with van der Waals surface area (Å²) in [6.45, 7) is 3.62. The van der Waals surface area contributed by atoms with E-state index < -0.39 is 0 Å². The Balaban J connectivity index is 2.67. The van der Waals surface area contributed by atoms with Crippen LogP contribution in [-0.4, -0.2) is 29.6 Å². The highest BCUT2D eigenvalue weighted by molar-refractivity contribution is 6.39. The molecular weight excluding hydrogens is 128 g/mol. The Hall–Kier alpha value is -0.860. The Morgan fingerprint density at radius 1 is 1.80 bits per heavy atom. The molecule has 0 spiro atoms. The summed E-state index contributed by atoms with van der Waals surface area (Å²) >= 11 is 0. The maximum Gasteiger partial charge on any atom is 0.175 e. The third kappa shape index (κ3) is 1.17. The fourth-order valence-corrected chi connectivity index (χ4v) is 0.956. The minimum atomic E-state index is 0.0937. The van der Waals surface area contributed by atoms with Gasteiger partial charge in [-0.15, -0.1) is 0 Å². The SMILES string of the molecule is CC(=O)C1=NN(C)C(C)C1. The number of nitrogens with zero attached hydrogens (tertiary/aromatic N) is 2. The summed E-state index contributed by atoms with van der Waals surface area (Å²) in [7, 11) is 1.89. The average molecular weight is 140 g/mol. The largest absolute Gasteiger partial charge is 0.297 e. The van der Waals surface area contributed by atoms with E-state index in [4.69, 9.17) is 0 Å². The Labute approximate surface area is 60.7 Å². The zero-order valence-corrected chi connectivity index (χ0v) is 6.59. The second-order valence-electron chi connectivity index (χ2n) is 2.73. The van der Waals surface area contributed by atoms with E-state index in [1.54, 1.807) is 6.92 Å². The summed E-state index contributed by atoms with van der Waals surface area (Å²) in [4.78, 5) is 10.8. The molecule has 0 aromatic heterocycles. The van der Waals surface area contributed by atoms with Crippen molar-refractivity contribution in [1.29, 1.82) is 0 Å². The van der Waals surface area contributed by atoms with E-state index in [0.29, 0.717) is 11.8 Å². The van der Waals surface area contributed by atoms with Gasteiger partial charge >= 0.3 is 0 Å². The van der Waals surface area contributed by atoms with Crippen LogP contribution >= 0.6 is 0 Å². The van der Waals surface area contributed by atoms with Crippen molar-refractivity contribution in [2.75, 3.05) is 7.05 Å². The lowest BCUT2D eigenvalue weighted by Crippen LogP contribution is -2.18. The first kappa shape index (κ1) is 7.25. The summed E-state index contributed by atoms with van der Waals surface area (Å²) in [6.07, 6.45) is 0.797. The van der Waals surface area contributed by atoms with Crippen LogP contribution in [0.3, 0.4) is 0 Å². The van der Waals surface area contributed by atoms with E-state index in [1.807, 2.05) is 12.1 Å². The van der Waals surface area contributed by atoms with Crippen LogP contribution in [0.1, 0.15) is 20.3 Å². The van der Waals surface area contributed by atoms with E-state index in [1.165, 1.54) is 0 Å². The van der Waals surface area contributed by atoms with Gasteiger partial charge in [0.2, 0.25) is 0 Å². The minimum Gasteiger partial charge on any atom is -0.297 e. The lowest BCUT2D eigenvalue weighted by Gasteiger charge is -2.11. The van der Waals surface area contributed by atoms with E-state index in [-0.39, 0.29) is 5.78 Å². The molecular formula is C7H12N2O. The number of hydrazone groups is 1. The Morgan fingerprint density at radius 2 is 2.40 bits per heavy atom. The highest BCUT2D eigenvalue weighted by atomic mass is 16.1. The van der Waals surface area contributed by atoms with Crippen LogP contribution in [0, 0.1) is 0 Å². The summed E-state index contributed by atoms with van der Waals surface area (Å²) in [5, 5.41) is 5.90. The van der Waals surface area contributed by atoms with Crippen molar-refractivity contribution >= 4 is 11.5 Å². The molecule has 3 nitrogen and oxygen atoms in total. The Kier molecular flexibility index (Phi) is 1.74. The van der Waals surface area contributed by atoms with Gasteiger partial charge < -0.3 is 0 Å². The van der Waals surface area contributed by atoms with Gasteiger partial charge in [-0.05, 0) is 6.92 Å². The fraction of sp³-hybridized carbons (Fsp3) is 0.714. The van der Waals surface area contributed by atoms with Crippen LogP contribution in [0.15, 0.2) is 5.10 Å². The van der Waals surface area contributed by atoms with E-state index >= 15 is 0 Å². The maximum absolute atomic E-state index is 10.8. The lowest BCUT2D eigenvalue weighted by atomic mass is 10.1. The minimum absolute atomic E-state index is 0.0937. The predicted molar refractivity (Wildman–Crippen MR) is 40.0 cm³/mol. The van der Waals surface area contributed by atoms with Crippen molar-refractivity contribution in [2.24, 2.45) is 5.10 Å². The molecule has 0 fully saturated rings. The van der Waals surface area contributed by atoms with Gasteiger partial charge in [-0.3, -0.25) is 9.80 Å². The maximum atomic E-state index is 10.8. The Morgan fingerprint density at radius 3 is 2.60 bits per heavy atom. The van der Waals surface area contributed by atoms with Crippen LogP contribution in [0.4, 0.5) is 0 Å². The summed E-state index contributed by atoms with van der Waals surface area (Å²) in [6, 6.07) is 0.388. The highest BCUT2D eigenvalue weighted by Gasteiger charge is 2.21. The van der Waals surface area contributed by atoms with Gasteiger partial charge in [0.05, 0.1) is 0 Å². The molecule has 1 aliphatic rings. The van der Waals surface area contributed by atoms with E-state index in [9.17, 15) is 4.79 Å². The molecule has 0 saturated heterocycles. The molecule has 0 radical (unpaired) electrons. The van der Waals surface area contributed by atoms with E-state index in [2.05, 4.69) is 12.0 Å². The first-order valence-corrected chi connectivity index (χ1v) is 3.42. The number of hydrogen-bond donors (Lipinski definition) is 0. The zero-order chi connectivity index (χ0) is 7.72. The van der Waals surface area contributed by atoms with Gasteiger partial charge in [-0.2, -0.15) is 5.10 Å². The Bertz CT molecular complexity index is 186. The first-order chi connectivity index (χ1) is 4.61. The number of rotatable bonds is 1. The van der Waals surface area contributed by atoms with Crippen molar-refractivity contribution in [3.8, 4) is 0 Å². The zero-order valence-electron chi connectivity index (χ0n) is 6.59. The molecule has 1 rings (SSSR count). The summed E-state index contributed by atoms with van der Waals surface area (Å²) < 4.78 is 0. The number of carbonyl (C=O) groups excluding carboxylic acids is 1. The van der Waals surface area contributed by atoms with Gasteiger partial charge in [-0.25, -0.2) is 0 Å². The molecule has 0 bridgehead atoms. The molecule has 1 atom stereocenters. The molecule has 1 aliphatic heterocycles. The summed E-state index contributed by atoms with van der Waals surface area (Å²) in [5.74, 6) is 0.0937. The monoisotopic (exact) mass is 140 g/mol. The number of carbonyl (C=O) groups is 1. The van der Waals surface area contributed by atoms with Gasteiger partial charge in [0, 0.05) is 26.4 Å². The van der Waals surface area contributed by atoms with Crippen LogP contribution in [0.25, 0.3) is 0 Å². The molecule has 1 heterocycles. The molecule has 0 aromatic rings. The smallest absolute Gasteiger partial charge is 0.175 e. The number of ketones is 1. The van der Waals surface area contributed by atoms with Crippen LogP contribution in [-0.2, 0) is 4.79 Å². The van der Waals surface area contributed by atoms with E-state index in [0.717, 1.165) is 6.42 Å². The molecule has 0 saturated carbocycles. The predicted octanol–water partition coefficient (Wildman–Crippen LogP) is 0.655. The third-order valence-corrected chi connectivity index (χ3v) is 1.81. The van der Waals surface area contributed by atoms with Crippen molar-refractivity contribution in [3.63, 3.8) is 0 Å². The van der Waals surface area contributed by atoms with Crippen molar-refractivity contribution in [1.82, 2.24) is 5.01 Å². The lowest BCUT2D eigenvalue weighted by molar-refractivity contribution is -0.111. The molecule has 3 heteroatoms. The quantitative estimate of drug-likeness (QED) is 0.536. The standard InChI is InChI=1S/C7H12N2O/c1-5-4-7(6(2)10)8-9(5)3/h5H,4H2,1-3H3. The number of hydrogen-bond acceptors (Lipinski definition) is 3.